The molecule has 2 aromatic rings. The molecule has 6 heteroatoms. The lowest BCUT2D eigenvalue weighted by Gasteiger charge is -1.92. The lowest BCUT2D eigenvalue weighted by molar-refractivity contribution is 0.276. The Kier molecular flexibility index (Phi) is 6.35. The van der Waals surface area contributed by atoms with Gasteiger partial charge < -0.3 is 10.2 Å². The Morgan fingerprint density at radius 1 is 0.900 bits per heavy atom. The SMILES string of the molecule is N#Cc1ccc(CO)nc1.N#Cc1ccnc(CO)c1. The summed E-state index contributed by atoms with van der Waals surface area (Å²) in [7, 11) is 0. The van der Waals surface area contributed by atoms with E-state index in [0.717, 1.165) is 0 Å². The molecule has 0 aliphatic heterocycles. The molecule has 2 aromatic heterocycles. The van der Waals surface area contributed by atoms with Crippen molar-refractivity contribution in [2.45, 2.75) is 13.2 Å². The smallest absolute Gasteiger partial charge is 0.101 e. The normalized spacial score (nSPS) is 8.80. The second-order valence-electron chi connectivity index (χ2n) is 3.61. The van der Waals surface area contributed by atoms with Crippen LogP contribution in [0, 0.1) is 22.7 Å². The van der Waals surface area contributed by atoms with E-state index in [1.54, 1.807) is 24.3 Å². The van der Waals surface area contributed by atoms with Crippen LogP contribution in [-0.4, -0.2) is 20.2 Å². The Morgan fingerprint density at radius 2 is 1.60 bits per heavy atom. The molecular weight excluding hydrogens is 256 g/mol. The first kappa shape index (κ1) is 15.3. The van der Waals surface area contributed by atoms with Crippen LogP contribution in [0.2, 0.25) is 0 Å². The minimum absolute atomic E-state index is 0.0777. The molecule has 0 atom stereocenters. The summed E-state index contributed by atoms with van der Waals surface area (Å²) in [4.78, 5) is 7.60. The second-order valence-corrected chi connectivity index (χ2v) is 3.61. The van der Waals surface area contributed by atoms with Gasteiger partial charge in [0.2, 0.25) is 0 Å². The van der Waals surface area contributed by atoms with Gasteiger partial charge >= 0.3 is 0 Å². The molecule has 20 heavy (non-hydrogen) atoms. The highest BCUT2D eigenvalue weighted by molar-refractivity contribution is 5.28. The van der Waals surface area contributed by atoms with Gasteiger partial charge in [-0.3, -0.25) is 9.97 Å². The summed E-state index contributed by atoms with van der Waals surface area (Å²) in [6.07, 6.45) is 2.94. The van der Waals surface area contributed by atoms with Crippen LogP contribution >= 0.6 is 0 Å². The van der Waals surface area contributed by atoms with Crippen LogP contribution in [0.25, 0.3) is 0 Å². The zero-order valence-corrected chi connectivity index (χ0v) is 10.6. The zero-order valence-electron chi connectivity index (χ0n) is 10.6. The minimum Gasteiger partial charge on any atom is -0.390 e. The van der Waals surface area contributed by atoms with Crippen molar-refractivity contribution >= 4 is 0 Å². The predicted octanol–water partition coefficient (Wildman–Crippen LogP) is 0.891. The number of nitrogens with zero attached hydrogens (tertiary/aromatic N) is 4. The van der Waals surface area contributed by atoms with Gasteiger partial charge in [-0.25, -0.2) is 0 Å². The lowest BCUT2D eigenvalue weighted by Crippen LogP contribution is -1.88. The first-order valence-electron chi connectivity index (χ1n) is 5.65. The Hall–Kier alpha value is -2.80. The predicted molar refractivity (Wildman–Crippen MR) is 69.7 cm³/mol. The monoisotopic (exact) mass is 268 g/mol. The highest BCUT2D eigenvalue weighted by atomic mass is 16.3. The molecular formula is C14H12N4O2. The van der Waals surface area contributed by atoms with Gasteiger partial charge in [0.25, 0.3) is 0 Å². The van der Waals surface area contributed by atoms with Crippen molar-refractivity contribution in [1.82, 2.24) is 9.97 Å². The number of aliphatic hydroxyl groups excluding tert-OH is 2. The van der Waals surface area contributed by atoms with Crippen LogP contribution in [0.15, 0.2) is 36.7 Å². The maximum atomic E-state index is 8.59. The molecule has 2 heterocycles. The van der Waals surface area contributed by atoms with Gasteiger partial charge in [0.15, 0.2) is 0 Å². The molecule has 0 radical (unpaired) electrons. The lowest BCUT2D eigenvalue weighted by atomic mass is 10.2. The van der Waals surface area contributed by atoms with Crippen LogP contribution < -0.4 is 0 Å². The molecule has 0 amide bonds. The molecule has 0 saturated carbocycles. The maximum Gasteiger partial charge on any atom is 0.101 e. The van der Waals surface area contributed by atoms with E-state index in [1.165, 1.54) is 12.4 Å². The summed E-state index contributed by atoms with van der Waals surface area (Å²) in [5, 5.41) is 33.9. The van der Waals surface area contributed by atoms with Crippen LogP contribution in [0.1, 0.15) is 22.5 Å². The first-order valence-corrected chi connectivity index (χ1v) is 5.65. The Labute approximate surface area is 116 Å². The summed E-state index contributed by atoms with van der Waals surface area (Å²) in [5.41, 5.74) is 2.15. The van der Waals surface area contributed by atoms with Crippen LogP contribution in [-0.2, 0) is 13.2 Å². The average Bonchev–Trinajstić information content (AvgIpc) is 2.55. The van der Waals surface area contributed by atoms with Gasteiger partial charge in [0.05, 0.1) is 41.8 Å². The summed E-state index contributed by atoms with van der Waals surface area (Å²) in [6, 6.07) is 10.3. The van der Waals surface area contributed by atoms with E-state index in [9.17, 15) is 0 Å². The average molecular weight is 268 g/mol. The third-order valence-corrected chi connectivity index (χ3v) is 2.22. The molecule has 0 saturated heterocycles. The van der Waals surface area contributed by atoms with E-state index in [-0.39, 0.29) is 13.2 Å². The fourth-order valence-electron chi connectivity index (χ4n) is 1.22. The second kappa shape index (κ2) is 8.33. The number of aromatic nitrogens is 2. The third kappa shape index (κ3) is 4.83. The van der Waals surface area contributed by atoms with E-state index >= 15 is 0 Å². The maximum absolute atomic E-state index is 8.59. The van der Waals surface area contributed by atoms with Crippen molar-refractivity contribution in [3.63, 3.8) is 0 Å². The molecule has 6 nitrogen and oxygen atoms in total. The van der Waals surface area contributed by atoms with E-state index in [2.05, 4.69) is 9.97 Å². The number of rotatable bonds is 2. The Balaban J connectivity index is 0.000000200. The summed E-state index contributed by atoms with van der Waals surface area (Å²) in [6.45, 7) is -0.193. The van der Waals surface area contributed by atoms with Crippen molar-refractivity contribution in [2.75, 3.05) is 0 Å². The fourth-order valence-corrected chi connectivity index (χ4v) is 1.22. The van der Waals surface area contributed by atoms with Crippen LogP contribution in [0.3, 0.4) is 0 Å². The van der Waals surface area contributed by atoms with Gasteiger partial charge in [-0.05, 0) is 24.3 Å². The van der Waals surface area contributed by atoms with Crippen LogP contribution in [0.4, 0.5) is 0 Å². The van der Waals surface area contributed by atoms with Crippen molar-refractivity contribution in [2.24, 2.45) is 0 Å². The van der Waals surface area contributed by atoms with E-state index in [1.807, 2.05) is 12.1 Å². The molecule has 0 aliphatic carbocycles. The fraction of sp³-hybridized carbons (Fsp3) is 0.143. The Morgan fingerprint density at radius 3 is 2.10 bits per heavy atom. The van der Waals surface area contributed by atoms with Crippen molar-refractivity contribution < 1.29 is 10.2 Å². The summed E-state index contributed by atoms with van der Waals surface area (Å²) < 4.78 is 0. The van der Waals surface area contributed by atoms with Crippen LogP contribution in [0.5, 0.6) is 0 Å². The van der Waals surface area contributed by atoms with Gasteiger partial charge in [-0.1, -0.05) is 0 Å². The first-order chi connectivity index (χ1) is 9.73. The number of aliphatic hydroxyl groups is 2. The number of pyridine rings is 2. The molecule has 100 valence electrons. The quantitative estimate of drug-likeness (QED) is 0.836. The highest BCUT2D eigenvalue weighted by Gasteiger charge is 1.92. The zero-order chi connectivity index (χ0) is 14.8. The highest BCUT2D eigenvalue weighted by Crippen LogP contribution is 1.99. The molecule has 2 rings (SSSR count). The third-order valence-electron chi connectivity index (χ3n) is 2.22. The molecule has 0 unspecified atom stereocenters. The molecule has 0 fully saturated rings. The van der Waals surface area contributed by atoms with Gasteiger partial charge in [-0.15, -0.1) is 0 Å². The van der Waals surface area contributed by atoms with E-state index in [4.69, 9.17) is 20.7 Å². The van der Waals surface area contributed by atoms with Crippen molar-refractivity contribution in [3.05, 3.63) is 59.2 Å². The minimum atomic E-state index is -0.116. The molecule has 0 bridgehead atoms. The van der Waals surface area contributed by atoms with E-state index in [0.29, 0.717) is 22.5 Å². The van der Waals surface area contributed by atoms with Crippen molar-refractivity contribution in [3.8, 4) is 12.1 Å². The van der Waals surface area contributed by atoms with E-state index < -0.39 is 0 Å². The Bertz CT molecular complexity index is 627. The molecule has 0 spiro atoms. The number of hydrogen-bond donors (Lipinski definition) is 2. The number of nitriles is 2. The molecule has 0 aliphatic rings. The van der Waals surface area contributed by atoms with Gasteiger partial charge in [0, 0.05) is 12.4 Å². The van der Waals surface area contributed by atoms with Crippen molar-refractivity contribution in [1.29, 1.82) is 10.5 Å². The largest absolute Gasteiger partial charge is 0.390 e. The molecule has 0 aromatic carbocycles. The number of hydrogen-bond acceptors (Lipinski definition) is 6. The van der Waals surface area contributed by atoms with Gasteiger partial charge in [-0.2, -0.15) is 10.5 Å². The summed E-state index contributed by atoms with van der Waals surface area (Å²) >= 11 is 0. The standard InChI is InChI=1S/2C7H6N2O/c8-4-6-1-2-9-7(3-6)5-10;8-3-6-1-2-7(5-10)9-4-6/h1-3,10H,5H2;1-2,4,10H,5H2. The molecule has 2 N–H and O–H groups in total. The summed E-state index contributed by atoms with van der Waals surface area (Å²) in [5.74, 6) is 0. The van der Waals surface area contributed by atoms with Gasteiger partial charge in [0.1, 0.15) is 6.07 Å². The topological polar surface area (TPSA) is 114 Å².